The van der Waals surface area contributed by atoms with E-state index in [2.05, 4.69) is 56.3 Å². The molecule has 1 aliphatic heterocycles. The minimum Gasteiger partial charge on any atom is -0.491 e. The van der Waals surface area contributed by atoms with Crippen LogP contribution < -0.4 is 4.74 Å². The zero-order chi connectivity index (χ0) is 13.9. The van der Waals surface area contributed by atoms with E-state index in [1.807, 2.05) is 0 Å². The average Bonchev–Trinajstić information content (AvgIpc) is 3.29. The molecule has 0 aliphatic carbocycles. The molecule has 1 unspecified atom stereocenters. The molecule has 0 spiro atoms. The molecule has 0 radical (unpaired) electrons. The molecule has 0 N–H and O–H groups in total. The van der Waals surface area contributed by atoms with Crippen LogP contribution in [0, 0.1) is 6.92 Å². The fraction of sp³-hybridized carbons (Fsp3) is 0.333. The van der Waals surface area contributed by atoms with E-state index in [0.717, 1.165) is 18.8 Å². The molecule has 20 heavy (non-hydrogen) atoms. The van der Waals surface area contributed by atoms with Gasteiger partial charge in [0.25, 0.3) is 0 Å². The number of hydrogen-bond donors (Lipinski definition) is 0. The third kappa shape index (κ3) is 3.02. The van der Waals surface area contributed by atoms with Gasteiger partial charge in [-0.05, 0) is 42.2 Å². The highest BCUT2D eigenvalue weighted by Gasteiger charge is 2.23. The maximum atomic E-state index is 5.84. The maximum absolute atomic E-state index is 5.84. The van der Waals surface area contributed by atoms with Gasteiger partial charge in [0.2, 0.25) is 0 Å². The van der Waals surface area contributed by atoms with E-state index in [9.17, 15) is 0 Å². The van der Waals surface area contributed by atoms with Gasteiger partial charge in [0, 0.05) is 0 Å². The van der Waals surface area contributed by atoms with Crippen LogP contribution in [0.5, 0.6) is 5.75 Å². The second-order valence-corrected chi connectivity index (χ2v) is 5.31. The largest absolute Gasteiger partial charge is 0.491 e. The van der Waals surface area contributed by atoms with Crippen molar-refractivity contribution in [3.8, 4) is 16.9 Å². The number of ether oxygens (including phenoxy) is 2. The van der Waals surface area contributed by atoms with E-state index in [1.54, 1.807) is 0 Å². The minimum atomic E-state index is 0.302. The Morgan fingerprint density at radius 2 is 1.95 bits per heavy atom. The fourth-order valence-electron chi connectivity index (χ4n) is 2.35. The van der Waals surface area contributed by atoms with Crippen molar-refractivity contribution in [1.29, 1.82) is 0 Å². The number of rotatable bonds is 5. The van der Waals surface area contributed by atoms with Crippen molar-refractivity contribution in [3.05, 3.63) is 53.6 Å². The number of hydrogen-bond acceptors (Lipinski definition) is 2. The lowest BCUT2D eigenvalue weighted by Crippen LogP contribution is -2.05. The monoisotopic (exact) mass is 268 g/mol. The van der Waals surface area contributed by atoms with Crippen LogP contribution in [0.3, 0.4) is 0 Å². The van der Waals surface area contributed by atoms with Crippen molar-refractivity contribution in [1.82, 2.24) is 0 Å². The van der Waals surface area contributed by atoms with Gasteiger partial charge in [-0.1, -0.05) is 42.8 Å². The van der Waals surface area contributed by atoms with Crippen molar-refractivity contribution in [2.45, 2.75) is 26.4 Å². The Hall–Kier alpha value is -1.80. The summed E-state index contributed by atoms with van der Waals surface area (Å²) in [6.07, 6.45) is 1.27. The predicted octanol–water partition coefficient (Wildman–Crippen LogP) is 4.00. The number of aryl methyl sites for hydroxylation is 2. The molecule has 2 nitrogen and oxygen atoms in total. The smallest absolute Gasteiger partial charge is 0.122 e. The molecular weight excluding hydrogens is 248 g/mol. The highest BCUT2D eigenvalue weighted by molar-refractivity contribution is 5.66. The van der Waals surface area contributed by atoms with Crippen molar-refractivity contribution < 1.29 is 9.47 Å². The molecule has 2 aromatic rings. The minimum absolute atomic E-state index is 0.302. The first-order valence-corrected chi connectivity index (χ1v) is 7.20. The Kier molecular flexibility index (Phi) is 3.75. The molecule has 2 aromatic carbocycles. The molecule has 3 rings (SSSR count). The van der Waals surface area contributed by atoms with Crippen LogP contribution >= 0.6 is 0 Å². The lowest BCUT2D eigenvalue weighted by atomic mass is 10.00. The zero-order valence-electron chi connectivity index (χ0n) is 12.1. The van der Waals surface area contributed by atoms with Crippen LogP contribution in [0.25, 0.3) is 11.1 Å². The van der Waals surface area contributed by atoms with Gasteiger partial charge < -0.3 is 9.47 Å². The van der Waals surface area contributed by atoms with E-state index >= 15 is 0 Å². The highest BCUT2D eigenvalue weighted by atomic mass is 16.6. The summed E-state index contributed by atoms with van der Waals surface area (Å²) in [5, 5.41) is 0. The summed E-state index contributed by atoms with van der Waals surface area (Å²) in [6.45, 7) is 5.78. The SMILES string of the molecule is CCc1cc(-c2cccc(C)c2)ccc1OCC1CO1. The van der Waals surface area contributed by atoms with Crippen LogP contribution in [-0.4, -0.2) is 19.3 Å². The van der Waals surface area contributed by atoms with Crippen LogP contribution in [0.15, 0.2) is 42.5 Å². The summed E-state index contributed by atoms with van der Waals surface area (Å²) >= 11 is 0. The second-order valence-electron chi connectivity index (χ2n) is 5.31. The first-order chi connectivity index (χ1) is 9.76. The van der Waals surface area contributed by atoms with Crippen LogP contribution in [0.2, 0.25) is 0 Å². The molecule has 0 saturated carbocycles. The summed E-state index contributed by atoms with van der Waals surface area (Å²) in [5.41, 5.74) is 5.05. The fourth-order valence-corrected chi connectivity index (χ4v) is 2.35. The van der Waals surface area contributed by atoms with E-state index in [4.69, 9.17) is 9.47 Å². The number of benzene rings is 2. The molecule has 1 aliphatic rings. The van der Waals surface area contributed by atoms with Crippen molar-refractivity contribution in [3.63, 3.8) is 0 Å². The van der Waals surface area contributed by atoms with Crippen LogP contribution in [0.4, 0.5) is 0 Å². The average molecular weight is 268 g/mol. The Morgan fingerprint density at radius 3 is 2.65 bits per heavy atom. The number of epoxide rings is 1. The lowest BCUT2D eigenvalue weighted by molar-refractivity contribution is 0.261. The Bertz CT molecular complexity index is 600. The molecule has 0 bridgehead atoms. The third-order valence-corrected chi connectivity index (χ3v) is 3.62. The molecule has 2 heteroatoms. The van der Waals surface area contributed by atoms with Gasteiger partial charge >= 0.3 is 0 Å². The Balaban J connectivity index is 1.85. The van der Waals surface area contributed by atoms with E-state index < -0.39 is 0 Å². The predicted molar refractivity (Wildman–Crippen MR) is 81.2 cm³/mol. The molecule has 1 heterocycles. The molecule has 104 valence electrons. The van der Waals surface area contributed by atoms with E-state index in [1.165, 1.54) is 22.3 Å². The van der Waals surface area contributed by atoms with Gasteiger partial charge in [0.1, 0.15) is 18.5 Å². The molecule has 0 amide bonds. The topological polar surface area (TPSA) is 21.8 Å². The quantitative estimate of drug-likeness (QED) is 0.764. The molecule has 1 atom stereocenters. The summed E-state index contributed by atoms with van der Waals surface area (Å²) in [6, 6.07) is 15.0. The first kappa shape index (κ1) is 13.2. The lowest BCUT2D eigenvalue weighted by Gasteiger charge is -2.12. The van der Waals surface area contributed by atoms with Crippen molar-refractivity contribution >= 4 is 0 Å². The van der Waals surface area contributed by atoms with Crippen LogP contribution in [0.1, 0.15) is 18.1 Å². The van der Waals surface area contributed by atoms with Gasteiger partial charge in [-0.2, -0.15) is 0 Å². The van der Waals surface area contributed by atoms with E-state index in [-0.39, 0.29) is 0 Å². The molecule has 1 fully saturated rings. The van der Waals surface area contributed by atoms with Crippen molar-refractivity contribution in [2.75, 3.05) is 13.2 Å². The molecule has 1 saturated heterocycles. The van der Waals surface area contributed by atoms with Crippen LogP contribution in [-0.2, 0) is 11.2 Å². The Labute approximate surface area is 120 Å². The van der Waals surface area contributed by atoms with E-state index in [0.29, 0.717) is 12.7 Å². The maximum Gasteiger partial charge on any atom is 0.122 e. The molecule has 0 aromatic heterocycles. The summed E-state index contributed by atoms with van der Waals surface area (Å²) in [5.74, 6) is 0.986. The van der Waals surface area contributed by atoms with Gasteiger partial charge in [0.15, 0.2) is 0 Å². The Morgan fingerprint density at radius 1 is 1.15 bits per heavy atom. The van der Waals surface area contributed by atoms with Gasteiger partial charge in [-0.15, -0.1) is 0 Å². The molecular formula is C18H20O2. The summed E-state index contributed by atoms with van der Waals surface area (Å²) < 4.78 is 11.0. The standard InChI is InChI=1S/C18H20O2/c1-3-14-10-16(15-6-4-5-13(2)9-15)7-8-18(14)20-12-17-11-19-17/h4-10,17H,3,11-12H2,1-2H3. The van der Waals surface area contributed by atoms with Crippen molar-refractivity contribution in [2.24, 2.45) is 0 Å². The second kappa shape index (κ2) is 5.68. The van der Waals surface area contributed by atoms with Gasteiger partial charge in [-0.25, -0.2) is 0 Å². The first-order valence-electron chi connectivity index (χ1n) is 7.20. The van der Waals surface area contributed by atoms with Gasteiger partial charge in [0.05, 0.1) is 6.61 Å². The zero-order valence-corrected chi connectivity index (χ0v) is 12.1. The van der Waals surface area contributed by atoms with Gasteiger partial charge in [-0.3, -0.25) is 0 Å². The highest BCUT2D eigenvalue weighted by Crippen LogP contribution is 2.28. The third-order valence-electron chi connectivity index (χ3n) is 3.62. The normalized spacial score (nSPS) is 17.0. The summed E-state index contributed by atoms with van der Waals surface area (Å²) in [4.78, 5) is 0. The summed E-state index contributed by atoms with van der Waals surface area (Å²) in [7, 11) is 0.